The SMILES string of the molecule is Cc1cc(C)c(/C=N\Nc2ccc(S(=O)(=O)N3CCCC3)cc2[N+](=O)[O-])c(C)c1. The van der Waals surface area contributed by atoms with Gasteiger partial charge in [-0.2, -0.15) is 9.41 Å². The van der Waals surface area contributed by atoms with E-state index in [2.05, 4.69) is 10.5 Å². The molecular formula is C20H24N4O4S. The Morgan fingerprint density at radius 2 is 1.72 bits per heavy atom. The summed E-state index contributed by atoms with van der Waals surface area (Å²) in [5, 5.41) is 15.6. The van der Waals surface area contributed by atoms with Crippen molar-refractivity contribution in [2.45, 2.75) is 38.5 Å². The molecule has 0 unspecified atom stereocenters. The first kappa shape index (κ1) is 20.9. The molecule has 1 fully saturated rings. The average Bonchev–Trinajstić information content (AvgIpc) is 3.19. The van der Waals surface area contributed by atoms with Crippen LogP contribution in [0.25, 0.3) is 0 Å². The van der Waals surface area contributed by atoms with E-state index in [0.29, 0.717) is 13.1 Å². The maximum absolute atomic E-state index is 12.7. The average molecular weight is 417 g/mol. The fourth-order valence-electron chi connectivity index (χ4n) is 3.56. The predicted octanol–water partition coefficient (Wildman–Crippen LogP) is 3.75. The van der Waals surface area contributed by atoms with Crippen LogP contribution < -0.4 is 5.43 Å². The molecule has 29 heavy (non-hydrogen) atoms. The van der Waals surface area contributed by atoms with Crippen molar-refractivity contribution >= 4 is 27.6 Å². The summed E-state index contributed by atoms with van der Waals surface area (Å²) in [5.41, 5.74) is 6.66. The predicted molar refractivity (Wildman–Crippen MR) is 113 cm³/mol. The van der Waals surface area contributed by atoms with Gasteiger partial charge in [0.1, 0.15) is 5.69 Å². The minimum Gasteiger partial charge on any atom is -0.272 e. The van der Waals surface area contributed by atoms with E-state index in [0.717, 1.165) is 41.2 Å². The summed E-state index contributed by atoms with van der Waals surface area (Å²) in [6, 6.07) is 7.92. The Morgan fingerprint density at radius 1 is 1.10 bits per heavy atom. The number of hydrogen-bond acceptors (Lipinski definition) is 6. The molecule has 0 spiro atoms. The quantitative estimate of drug-likeness (QED) is 0.439. The molecule has 1 aliphatic heterocycles. The van der Waals surface area contributed by atoms with Gasteiger partial charge in [0.05, 0.1) is 16.0 Å². The second-order valence-electron chi connectivity index (χ2n) is 7.23. The van der Waals surface area contributed by atoms with Crippen LogP contribution in [0.2, 0.25) is 0 Å². The van der Waals surface area contributed by atoms with Gasteiger partial charge < -0.3 is 0 Å². The second-order valence-corrected chi connectivity index (χ2v) is 9.17. The largest absolute Gasteiger partial charge is 0.295 e. The van der Waals surface area contributed by atoms with Crippen molar-refractivity contribution in [3.63, 3.8) is 0 Å². The molecule has 2 aromatic carbocycles. The van der Waals surface area contributed by atoms with Crippen LogP contribution in [0.3, 0.4) is 0 Å². The molecule has 8 nitrogen and oxygen atoms in total. The third-order valence-electron chi connectivity index (χ3n) is 4.99. The van der Waals surface area contributed by atoms with Crippen LogP contribution in [0, 0.1) is 30.9 Å². The Kier molecular flexibility index (Phi) is 5.99. The van der Waals surface area contributed by atoms with Crippen molar-refractivity contribution in [3.8, 4) is 0 Å². The molecular weight excluding hydrogens is 392 g/mol. The fourth-order valence-corrected chi connectivity index (χ4v) is 5.09. The van der Waals surface area contributed by atoms with Gasteiger partial charge in [0, 0.05) is 24.7 Å². The summed E-state index contributed by atoms with van der Waals surface area (Å²) >= 11 is 0. The van der Waals surface area contributed by atoms with Crippen molar-refractivity contribution in [3.05, 3.63) is 62.7 Å². The van der Waals surface area contributed by atoms with Gasteiger partial charge in [-0.15, -0.1) is 0 Å². The van der Waals surface area contributed by atoms with Crippen LogP contribution in [-0.2, 0) is 10.0 Å². The first-order valence-corrected chi connectivity index (χ1v) is 10.8. The minimum atomic E-state index is -3.73. The number of rotatable bonds is 6. The lowest BCUT2D eigenvalue weighted by Gasteiger charge is -2.15. The van der Waals surface area contributed by atoms with E-state index >= 15 is 0 Å². The molecule has 154 valence electrons. The van der Waals surface area contributed by atoms with E-state index in [1.165, 1.54) is 16.4 Å². The van der Waals surface area contributed by atoms with E-state index in [1.807, 2.05) is 32.9 Å². The summed E-state index contributed by atoms with van der Waals surface area (Å²) in [7, 11) is -3.73. The van der Waals surface area contributed by atoms with E-state index in [4.69, 9.17) is 0 Å². The number of sulfonamides is 1. The van der Waals surface area contributed by atoms with Gasteiger partial charge in [-0.3, -0.25) is 15.5 Å². The first-order chi connectivity index (χ1) is 13.7. The zero-order valence-electron chi connectivity index (χ0n) is 16.7. The number of nitrogens with one attached hydrogen (secondary N) is 1. The molecule has 1 heterocycles. The van der Waals surface area contributed by atoms with Crippen LogP contribution in [0.1, 0.15) is 35.1 Å². The lowest BCUT2D eigenvalue weighted by Crippen LogP contribution is -2.27. The highest BCUT2D eigenvalue weighted by Crippen LogP contribution is 2.30. The third-order valence-corrected chi connectivity index (χ3v) is 6.88. The molecule has 2 aromatic rings. The van der Waals surface area contributed by atoms with Gasteiger partial charge in [0.25, 0.3) is 5.69 Å². The van der Waals surface area contributed by atoms with Gasteiger partial charge in [-0.25, -0.2) is 8.42 Å². The number of aryl methyl sites for hydroxylation is 3. The molecule has 3 rings (SSSR count). The Hall–Kier alpha value is -2.78. The van der Waals surface area contributed by atoms with Gasteiger partial charge in [-0.05, 0) is 56.9 Å². The maximum atomic E-state index is 12.7. The number of nitro benzene ring substituents is 1. The van der Waals surface area contributed by atoms with Crippen molar-refractivity contribution in [2.24, 2.45) is 5.10 Å². The molecule has 9 heteroatoms. The van der Waals surface area contributed by atoms with Crippen molar-refractivity contribution in [1.82, 2.24) is 4.31 Å². The Labute approximate surface area is 170 Å². The van der Waals surface area contributed by atoms with Crippen molar-refractivity contribution in [1.29, 1.82) is 0 Å². The van der Waals surface area contributed by atoms with Crippen LogP contribution in [0.4, 0.5) is 11.4 Å². The molecule has 0 atom stereocenters. The molecule has 0 amide bonds. The zero-order valence-corrected chi connectivity index (χ0v) is 17.5. The van der Waals surface area contributed by atoms with Gasteiger partial charge in [0.15, 0.2) is 0 Å². The summed E-state index contributed by atoms with van der Waals surface area (Å²) in [4.78, 5) is 10.8. The van der Waals surface area contributed by atoms with Crippen LogP contribution in [-0.4, -0.2) is 37.0 Å². The van der Waals surface area contributed by atoms with Crippen LogP contribution >= 0.6 is 0 Å². The number of hydrazone groups is 1. The van der Waals surface area contributed by atoms with Crippen LogP contribution in [0.15, 0.2) is 40.3 Å². The van der Waals surface area contributed by atoms with E-state index in [-0.39, 0.29) is 16.3 Å². The maximum Gasteiger partial charge on any atom is 0.295 e. The van der Waals surface area contributed by atoms with E-state index < -0.39 is 14.9 Å². The zero-order chi connectivity index (χ0) is 21.2. The fraction of sp³-hybridized carbons (Fsp3) is 0.350. The van der Waals surface area contributed by atoms with Crippen molar-refractivity contribution < 1.29 is 13.3 Å². The smallest absolute Gasteiger partial charge is 0.272 e. The highest BCUT2D eigenvalue weighted by molar-refractivity contribution is 7.89. The minimum absolute atomic E-state index is 0.0779. The van der Waals surface area contributed by atoms with Gasteiger partial charge in [-0.1, -0.05) is 17.7 Å². The molecule has 1 aliphatic rings. The van der Waals surface area contributed by atoms with E-state index in [9.17, 15) is 18.5 Å². The number of anilines is 1. The first-order valence-electron chi connectivity index (χ1n) is 9.35. The number of benzene rings is 2. The third kappa shape index (κ3) is 4.46. The molecule has 0 bridgehead atoms. The summed E-state index contributed by atoms with van der Waals surface area (Å²) < 4.78 is 26.7. The molecule has 1 N–H and O–H groups in total. The summed E-state index contributed by atoms with van der Waals surface area (Å²) in [6.07, 6.45) is 3.21. The Bertz CT molecular complexity index is 1050. The molecule has 0 aromatic heterocycles. The molecule has 1 saturated heterocycles. The number of hydrogen-bond donors (Lipinski definition) is 1. The summed E-state index contributed by atoms with van der Waals surface area (Å²) in [5.74, 6) is 0. The van der Waals surface area contributed by atoms with Crippen LogP contribution in [0.5, 0.6) is 0 Å². The number of nitro groups is 1. The standard InChI is InChI=1S/C20H24N4O4S/c1-14-10-15(2)18(16(3)11-14)13-21-22-19-7-6-17(12-20(19)24(25)26)29(27,28)23-8-4-5-9-23/h6-7,10-13,22H,4-5,8-9H2,1-3H3/b21-13-. The number of nitrogens with zero attached hydrogens (tertiary/aromatic N) is 3. The van der Waals surface area contributed by atoms with Gasteiger partial charge >= 0.3 is 0 Å². The lowest BCUT2D eigenvalue weighted by atomic mass is 10.0. The highest BCUT2D eigenvalue weighted by atomic mass is 32.2. The lowest BCUT2D eigenvalue weighted by molar-refractivity contribution is -0.384. The molecule has 0 radical (unpaired) electrons. The Balaban J connectivity index is 1.88. The van der Waals surface area contributed by atoms with Gasteiger partial charge in [0.2, 0.25) is 10.0 Å². The highest BCUT2D eigenvalue weighted by Gasteiger charge is 2.29. The molecule has 0 aliphatic carbocycles. The van der Waals surface area contributed by atoms with E-state index in [1.54, 1.807) is 6.21 Å². The monoisotopic (exact) mass is 416 g/mol. The normalized spacial score (nSPS) is 15.1. The van der Waals surface area contributed by atoms with Crippen molar-refractivity contribution in [2.75, 3.05) is 18.5 Å². The molecule has 0 saturated carbocycles. The second kappa shape index (κ2) is 8.30. The topological polar surface area (TPSA) is 105 Å². The Morgan fingerprint density at radius 3 is 2.31 bits per heavy atom. The summed E-state index contributed by atoms with van der Waals surface area (Å²) in [6.45, 7) is 6.84.